The number of hydrogen-bond acceptors (Lipinski definition) is 3. The van der Waals surface area contributed by atoms with Crippen LogP contribution in [0.15, 0.2) is 12.1 Å². The van der Waals surface area contributed by atoms with Crippen molar-refractivity contribution < 1.29 is 4.74 Å². The average Bonchev–Trinajstić information content (AvgIpc) is 2.29. The van der Waals surface area contributed by atoms with E-state index >= 15 is 0 Å². The predicted octanol–water partition coefficient (Wildman–Crippen LogP) is 3.05. The lowest BCUT2D eigenvalue weighted by Gasteiger charge is -2.23. The number of nitrogens with one attached hydrogen (secondary N) is 1. The number of rotatable bonds is 5. The number of methoxy groups -OCH3 is 1. The summed E-state index contributed by atoms with van der Waals surface area (Å²) in [5.74, 6) is 1.25. The Labute approximate surface area is 108 Å². The molecule has 0 saturated carbocycles. The predicted molar refractivity (Wildman–Crippen MR) is 74.0 cm³/mol. The summed E-state index contributed by atoms with van der Waals surface area (Å²) in [6.45, 7) is 6.80. The number of halogens is 1. The molecule has 0 aliphatic heterocycles. The van der Waals surface area contributed by atoms with Gasteiger partial charge in [0, 0.05) is 17.6 Å². The van der Waals surface area contributed by atoms with Crippen LogP contribution in [0.4, 0.5) is 5.69 Å². The number of hydrogen-bond donors (Lipinski definition) is 2. The second-order valence-electron chi connectivity index (χ2n) is 4.53. The maximum atomic E-state index is 6.12. The minimum absolute atomic E-state index is 0.211. The summed E-state index contributed by atoms with van der Waals surface area (Å²) >= 11 is 6.12. The second kappa shape index (κ2) is 6.12. The summed E-state index contributed by atoms with van der Waals surface area (Å²) in [6, 6.07) is 4.03. The van der Waals surface area contributed by atoms with Gasteiger partial charge in [-0.15, -0.1) is 0 Å². The SMILES string of the molecule is COc1cc(C)c(Cl)cc1NC(CN)C(C)C. The number of nitrogens with two attached hydrogens (primary N) is 1. The molecule has 1 aromatic rings. The number of aryl methyl sites for hydroxylation is 1. The van der Waals surface area contributed by atoms with Crippen LogP contribution in [0.1, 0.15) is 19.4 Å². The first kappa shape index (κ1) is 14.1. The van der Waals surface area contributed by atoms with Crippen molar-refractivity contribution in [3.8, 4) is 5.75 Å². The van der Waals surface area contributed by atoms with E-state index in [0.717, 1.165) is 22.0 Å². The van der Waals surface area contributed by atoms with Crippen molar-refractivity contribution in [1.29, 1.82) is 0 Å². The van der Waals surface area contributed by atoms with Gasteiger partial charge in [-0.3, -0.25) is 0 Å². The summed E-state index contributed by atoms with van der Waals surface area (Å²) in [5, 5.41) is 4.11. The molecular weight excluding hydrogens is 236 g/mol. The molecule has 1 unspecified atom stereocenters. The van der Waals surface area contributed by atoms with Crippen LogP contribution in [0, 0.1) is 12.8 Å². The Bertz CT molecular complexity index is 380. The Morgan fingerprint density at radius 3 is 2.53 bits per heavy atom. The summed E-state index contributed by atoms with van der Waals surface area (Å²) in [6.07, 6.45) is 0. The zero-order valence-corrected chi connectivity index (χ0v) is 11.6. The maximum Gasteiger partial charge on any atom is 0.142 e. The normalized spacial score (nSPS) is 12.6. The Morgan fingerprint density at radius 1 is 1.41 bits per heavy atom. The highest BCUT2D eigenvalue weighted by Crippen LogP contribution is 2.31. The molecule has 0 radical (unpaired) electrons. The highest BCUT2D eigenvalue weighted by atomic mass is 35.5. The fourth-order valence-electron chi connectivity index (χ4n) is 1.63. The molecule has 96 valence electrons. The zero-order chi connectivity index (χ0) is 13.0. The highest BCUT2D eigenvalue weighted by molar-refractivity contribution is 6.31. The van der Waals surface area contributed by atoms with E-state index in [1.165, 1.54) is 0 Å². The smallest absolute Gasteiger partial charge is 0.142 e. The summed E-state index contributed by atoms with van der Waals surface area (Å²) in [7, 11) is 1.65. The van der Waals surface area contributed by atoms with Gasteiger partial charge in [-0.2, -0.15) is 0 Å². The van der Waals surface area contributed by atoms with E-state index in [-0.39, 0.29) is 6.04 Å². The zero-order valence-electron chi connectivity index (χ0n) is 10.9. The first-order valence-electron chi connectivity index (χ1n) is 5.80. The first-order valence-corrected chi connectivity index (χ1v) is 6.18. The minimum Gasteiger partial charge on any atom is -0.495 e. The molecular formula is C13H21ClN2O. The first-order chi connectivity index (χ1) is 7.99. The van der Waals surface area contributed by atoms with E-state index < -0.39 is 0 Å². The van der Waals surface area contributed by atoms with Gasteiger partial charge in [0.15, 0.2) is 0 Å². The molecule has 17 heavy (non-hydrogen) atoms. The van der Waals surface area contributed by atoms with E-state index in [1.807, 2.05) is 19.1 Å². The quantitative estimate of drug-likeness (QED) is 0.851. The molecule has 0 amide bonds. The van der Waals surface area contributed by atoms with Gasteiger partial charge >= 0.3 is 0 Å². The Hall–Kier alpha value is -0.930. The van der Waals surface area contributed by atoms with Gasteiger partial charge in [0.2, 0.25) is 0 Å². The Kier molecular flexibility index (Phi) is 5.09. The standard InChI is InChI=1S/C13H21ClN2O/c1-8(2)12(7-15)16-11-6-10(14)9(3)5-13(11)17-4/h5-6,8,12,16H,7,15H2,1-4H3. The minimum atomic E-state index is 0.211. The lowest BCUT2D eigenvalue weighted by molar-refractivity contribution is 0.414. The van der Waals surface area contributed by atoms with Crippen molar-refractivity contribution in [1.82, 2.24) is 0 Å². The lowest BCUT2D eigenvalue weighted by atomic mass is 10.0. The molecule has 1 atom stereocenters. The summed E-state index contributed by atoms with van der Waals surface area (Å²) in [4.78, 5) is 0. The molecule has 0 fully saturated rings. The van der Waals surface area contributed by atoms with Crippen LogP contribution in [0.2, 0.25) is 5.02 Å². The van der Waals surface area contributed by atoms with Crippen LogP contribution in [0.3, 0.4) is 0 Å². The Morgan fingerprint density at radius 2 is 2.06 bits per heavy atom. The van der Waals surface area contributed by atoms with Crippen LogP contribution >= 0.6 is 11.6 Å². The van der Waals surface area contributed by atoms with Gasteiger partial charge in [-0.25, -0.2) is 0 Å². The van der Waals surface area contributed by atoms with Gasteiger partial charge in [0.05, 0.1) is 12.8 Å². The molecule has 4 heteroatoms. The molecule has 0 heterocycles. The van der Waals surface area contributed by atoms with Crippen molar-refractivity contribution in [2.24, 2.45) is 11.7 Å². The number of anilines is 1. The van der Waals surface area contributed by atoms with Crippen LogP contribution < -0.4 is 15.8 Å². The van der Waals surface area contributed by atoms with E-state index in [0.29, 0.717) is 12.5 Å². The monoisotopic (exact) mass is 256 g/mol. The van der Waals surface area contributed by atoms with Crippen molar-refractivity contribution in [3.63, 3.8) is 0 Å². The summed E-state index contributed by atoms with van der Waals surface area (Å²) < 4.78 is 5.34. The third-order valence-corrected chi connectivity index (χ3v) is 3.29. The largest absolute Gasteiger partial charge is 0.495 e. The van der Waals surface area contributed by atoms with Gasteiger partial charge in [-0.1, -0.05) is 25.4 Å². The molecule has 1 aromatic carbocycles. The third kappa shape index (κ3) is 3.51. The van der Waals surface area contributed by atoms with Crippen molar-refractivity contribution >= 4 is 17.3 Å². The fraction of sp³-hybridized carbons (Fsp3) is 0.538. The fourth-order valence-corrected chi connectivity index (χ4v) is 1.80. The van der Waals surface area contributed by atoms with Gasteiger partial charge in [-0.05, 0) is 30.5 Å². The molecule has 3 nitrogen and oxygen atoms in total. The van der Waals surface area contributed by atoms with Crippen molar-refractivity contribution in [2.75, 3.05) is 19.0 Å². The van der Waals surface area contributed by atoms with Gasteiger partial charge in [0.25, 0.3) is 0 Å². The topological polar surface area (TPSA) is 47.3 Å². The van der Waals surface area contributed by atoms with Gasteiger partial charge in [0.1, 0.15) is 5.75 Å². The van der Waals surface area contributed by atoms with E-state index in [1.54, 1.807) is 7.11 Å². The number of ether oxygens (including phenoxy) is 1. The van der Waals surface area contributed by atoms with Crippen molar-refractivity contribution in [3.05, 3.63) is 22.7 Å². The molecule has 1 rings (SSSR count). The van der Waals surface area contributed by atoms with Crippen molar-refractivity contribution in [2.45, 2.75) is 26.8 Å². The van der Waals surface area contributed by atoms with E-state index in [2.05, 4.69) is 19.2 Å². The molecule has 0 aromatic heterocycles. The summed E-state index contributed by atoms with van der Waals surface area (Å²) in [5.41, 5.74) is 7.64. The number of benzene rings is 1. The lowest BCUT2D eigenvalue weighted by Crippen LogP contribution is -2.33. The third-order valence-electron chi connectivity index (χ3n) is 2.88. The van der Waals surface area contributed by atoms with Crippen LogP contribution in [-0.4, -0.2) is 19.7 Å². The van der Waals surface area contributed by atoms with E-state index in [9.17, 15) is 0 Å². The van der Waals surface area contributed by atoms with E-state index in [4.69, 9.17) is 22.1 Å². The molecule has 0 aliphatic carbocycles. The molecule has 3 N–H and O–H groups in total. The van der Waals surface area contributed by atoms with Crippen LogP contribution in [-0.2, 0) is 0 Å². The van der Waals surface area contributed by atoms with Gasteiger partial charge < -0.3 is 15.8 Å². The molecule has 0 saturated heterocycles. The van der Waals surface area contributed by atoms with Crippen LogP contribution in [0.5, 0.6) is 5.75 Å². The average molecular weight is 257 g/mol. The molecule has 0 bridgehead atoms. The maximum absolute atomic E-state index is 6.12. The van der Waals surface area contributed by atoms with Crippen LogP contribution in [0.25, 0.3) is 0 Å². The Balaban J connectivity index is 3.00. The second-order valence-corrected chi connectivity index (χ2v) is 4.94. The highest BCUT2D eigenvalue weighted by Gasteiger charge is 2.14. The molecule has 0 spiro atoms. The molecule has 0 aliphatic rings.